The van der Waals surface area contributed by atoms with Gasteiger partial charge in [0.05, 0.1) is 0 Å². The smallest absolute Gasteiger partial charge is 0.405 e. The molecule has 0 aliphatic carbocycles. The van der Waals surface area contributed by atoms with Crippen molar-refractivity contribution in [3.63, 3.8) is 0 Å². The van der Waals surface area contributed by atoms with Crippen LogP contribution in [0.5, 0.6) is 5.75 Å². The lowest BCUT2D eigenvalue weighted by Crippen LogP contribution is -2.45. The van der Waals surface area contributed by atoms with E-state index in [9.17, 15) is 13.2 Å². The minimum Gasteiger partial charge on any atom is -0.405 e. The number of piperidine rings is 1. The van der Waals surface area contributed by atoms with Crippen LogP contribution >= 0.6 is 0 Å². The summed E-state index contributed by atoms with van der Waals surface area (Å²) in [5.41, 5.74) is 6.50. The molecule has 2 rings (SSSR count). The summed E-state index contributed by atoms with van der Waals surface area (Å²) in [6.45, 7) is 4.10. The fourth-order valence-corrected chi connectivity index (χ4v) is 2.49. The number of hydrogen-bond donors (Lipinski definition) is 1. The first-order valence-electron chi connectivity index (χ1n) is 6.67. The topological polar surface area (TPSA) is 38.5 Å². The number of nitrogens with zero attached hydrogens (tertiary/aromatic N) is 1. The van der Waals surface area contributed by atoms with E-state index in [0.29, 0.717) is 18.0 Å². The summed E-state index contributed by atoms with van der Waals surface area (Å²) in [5, 5.41) is 0. The molecule has 0 aromatic heterocycles. The predicted molar refractivity (Wildman–Crippen MR) is 70.2 cm³/mol. The van der Waals surface area contributed by atoms with Gasteiger partial charge < -0.3 is 10.5 Å². The number of hydrogen-bond acceptors (Lipinski definition) is 3. The highest BCUT2D eigenvalue weighted by Gasteiger charge is 2.32. The zero-order valence-electron chi connectivity index (χ0n) is 11.4. The highest BCUT2D eigenvalue weighted by molar-refractivity contribution is 5.33. The number of halogens is 3. The third kappa shape index (κ3) is 4.11. The molecular formula is C14H19F3N2O. The Morgan fingerprint density at radius 2 is 2.05 bits per heavy atom. The number of likely N-dealkylation sites (tertiary alicyclic amines) is 1. The van der Waals surface area contributed by atoms with E-state index in [2.05, 4.69) is 16.6 Å². The molecule has 1 aromatic carbocycles. The van der Waals surface area contributed by atoms with E-state index in [-0.39, 0.29) is 11.8 Å². The molecule has 1 aliphatic rings. The third-order valence-corrected chi connectivity index (χ3v) is 3.65. The van der Waals surface area contributed by atoms with Gasteiger partial charge in [0.15, 0.2) is 0 Å². The van der Waals surface area contributed by atoms with Crippen molar-refractivity contribution >= 4 is 0 Å². The van der Waals surface area contributed by atoms with Crippen LogP contribution < -0.4 is 10.5 Å². The van der Waals surface area contributed by atoms with Gasteiger partial charge in [0, 0.05) is 24.7 Å². The van der Waals surface area contributed by atoms with E-state index in [1.165, 1.54) is 6.07 Å². The van der Waals surface area contributed by atoms with Crippen LogP contribution in [0.15, 0.2) is 24.3 Å². The molecule has 3 nitrogen and oxygen atoms in total. The van der Waals surface area contributed by atoms with Gasteiger partial charge in [0.2, 0.25) is 0 Å². The van der Waals surface area contributed by atoms with Crippen molar-refractivity contribution in [2.75, 3.05) is 13.1 Å². The van der Waals surface area contributed by atoms with E-state index < -0.39 is 6.36 Å². The van der Waals surface area contributed by atoms with Crippen molar-refractivity contribution in [2.45, 2.75) is 32.3 Å². The molecule has 0 bridgehead atoms. The summed E-state index contributed by atoms with van der Waals surface area (Å²) in [5.74, 6) is 0.224. The Balaban J connectivity index is 2.06. The fourth-order valence-electron chi connectivity index (χ4n) is 2.49. The highest BCUT2D eigenvalue weighted by Crippen LogP contribution is 2.28. The molecule has 2 N–H and O–H groups in total. The molecule has 1 fully saturated rings. The molecule has 1 aliphatic heterocycles. The number of ether oxygens (including phenoxy) is 1. The predicted octanol–water partition coefficient (Wildman–Crippen LogP) is 2.75. The lowest BCUT2D eigenvalue weighted by Gasteiger charge is -2.35. The van der Waals surface area contributed by atoms with Gasteiger partial charge in [-0.25, -0.2) is 0 Å². The van der Waals surface area contributed by atoms with Gasteiger partial charge in [-0.1, -0.05) is 25.1 Å². The van der Waals surface area contributed by atoms with Gasteiger partial charge in [-0.15, -0.1) is 13.2 Å². The quantitative estimate of drug-likeness (QED) is 0.929. The monoisotopic (exact) mass is 288 g/mol. The number of rotatable bonds is 3. The van der Waals surface area contributed by atoms with Crippen LogP contribution in [0.25, 0.3) is 0 Å². The van der Waals surface area contributed by atoms with Crippen molar-refractivity contribution in [1.29, 1.82) is 0 Å². The number of benzene rings is 1. The number of para-hydroxylation sites is 1. The Labute approximate surface area is 116 Å². The van der Waals surface area contributed by atoms with E-state index in [1.54, 1.807) is 18.2 Å². The summed E-state index contributed by atoms with van der Waals surface area (Å²) in [6.07, 6.45) is -3.79. The number of alkyl halides is 3. The summed E-state index contributed by atoms with van der Waals surface area (Å²) in [6, 6.07) is 6.45. The SMILES string of the molecule is CC1CN(Cc2ccccc2OC(F)(F)F)CCC1N. The first-order chi connectivity index (χ1) is 9.35. The maximum atomic E-state index is 12.4. The van der Waals surface area contributed by atoms with Gasteiger partial charge in [-0.2, -0.15) is 0 Å². The second-order valence-electron chi connectivity index (χ2n) is 5.32. The van der Waals surface area contributed by atoms with Crippen LogP contribution in [0, 0.1) is 5.92 Å². The number of nitrogens with two attached hydrogens (primary N) is 1. The van der Waals surface area contributed by atoms with E-state index >= 15 is 0 Å². The van der Waals surface area contributed by atoms with Crippen LogP contribution in [0.3, 0.4) is 0 Å². The molecule has 6 heteroatoms. The molecule has 20 heavy (non-hydrogen) atoms. The van der Waals surface area contributed by atoms with Crippen LogP contribution in [0.4, 0.5) is 13.2 Å². The van der Waals surface area contributed by atoms with Crippen molar-refractivity contribution in [1.82, 2.24) is 4.90 Å². The summed E-state index contributed by atoms with van der Waals surface area (Å²) in [4.78, 5) is 2.12. The Bertz CT molecular complexity index is 450. The van der Waals surface area contributed by atoms with Crippen LogP contribution in [-0.4, -0.2) is 30.4 Å². The van der Waals surface area contributed by atoms with Crippen LogP contribution in [0.2, 0.25) is 0 Å². The van der Waals surface area contributed by atoms with E-state index in [1.807, 2.05) is 0 Å². The van der Waals surface area contributed by atoms with E-state index in [4.69, 9.17) is 5.73 Å². The van der Waals surface area contributed by atoms with Crippen LogP contribution in [-0.2, 0) is 6.54 Å². The minimum atomic E-state index is -4.66. The normalized spacial score (nSPS) is 24.6. The Morgan fingerprint density at radius 1 is 1.35 bits per heavy atom. The lowest BCUT2D eigenvalue weighted by atomic mass is 9.94. The van der Waals surface area contributed by atoms with Gasteiger partial charge >= 0.3 is 6.36 Å². The molecule has 112 valence electrons. The van der Waals surface area contributed by atoms with Crippen molar-refractivity contribution in [3.05, 3.63) is 29.8 Å². The molecule has 2 unspecified atom stereocenters. The molecule has 1 saturated heterocycles. The molecule has 0 saturated carbocycles. The maximum Gasteiger partial charge on any atom is 0.573 e. The van der Waals surface area contributed by atoms with Gasteiger partial charge in [0.25, 0.3) is 0 Å². The van der Waals surface area contributed by atoms with Crippen molar-refractivity contribution in [2.24, 2.45) is 11.7 Å². The Morgan fingerprint density at radius 3 is 2.70 bits per heavy atom. The molecule has 0 spiro atoms. The average molecular weight is 288 g/mol. The second kappa shape index (κ2) is 6.01. The maximum absolute atomic E-state index is 12.4. The Hall–Kier alpha value is -1.27. The zero-order chi connectivity index (χ0) is 14.8. The van der Waals surface area contributed by atoms with Gasteiger partial charge in [-0.05, 0) is 24.9 Å². The first kappa shape index (κ1) is 15.1. The largest absolute Gasteiger partial charge is 0.573 e. The average Bonchev–Trinajstić information content (AvgIpc) is 2.34. The molecular weight excluding hydrogens is 269 g/mol. The third-order valence-electron chi connectivity index (χ3n) is 3.65. The van der Waals surface area contributed by atoms with E-state index in [0.717, 1.165) is 19.5 Å². The zero-order valence-corrected chi connectivity index (χ0v) is 11.4. The molecule has 2 atom stereocenters. The summed E-state index contributed by atoms with van der Waals surface area (Å²) < 4.78 is 41.2. The molecule has 1 heterocycles. The minimum absolute atomic E-state index is 0.123. The fraction of sp³-hybridized carbons (Fsp3) is 0.571. The lowest BCUT2D eigenvalue weighted by molar-refractivity contribution is -0.275. The first-order valence-corrected chi connectivity index (χ1v) is 6.67. The highest BCUT2D eigenvalue weighted by atomic mass is 19.4. The summed E-state index contributed by atoms with van der Waals surface area (Å²) in [7, 11) is 0. The van der Waals surface area contributed by atoms with Gasteiger partial charge in [-0.3, -0.25) is 4.90 Å². The molecule has 0 radical (unpaired) electrons. The summed E-state index contributed by atoms with van der Waals surface area (Å²) >= 11 is 0. The van der Waals surface area contributed by atoms with Crippen molar-refractivity contribution < 1.29 is 17.9 Å². The van der Waals surface area contributed by atoms with Crippen molar-refractivity contribution in [3.8, 4) is 5.75 Å². The van der Waals surface area contributed by atoms with Gasteiger partial charge in [0.1, 0.15) is 5.75 Å². The standard InChI is InChI=1S/C14H19F3N2O/c1-10-8-19(7-6-12(10)18)9-11-4-2-3-5-13(11)20-14(15,16)17/h2-5,10,12H,6-9,18H2,1H3. The Kier molecular flexibility index (Phi) is 4.55. The molecule has 0 amide bonds. The molecule has 1 aromatic rings. The second-order valence-corrected chi connectivity index (χ2v) is 5.32. The van der Waals surface area contributed by atoms with Crippen LogP contribution in [0.1, 0.15) is 18.9 Å².